The van der Waals surface area contributed by atoms with E-state index in [2.05, 4.69) is 4.98 Å². The van der Waals surface area contributed by atoms with Gasteiger partial charge in [-0.1, -0.05) is 11.8 Å². The third-order valence-electron chi connectivity index (χ3n) is 1.49. The summed E-state index contributed by atoms with van der Waals surface area (Å²) in [6.45, 7) is 0. The highest BCUT2D eigenvalue weighted by Crippen LogP contribution is 2.29. The van der Waals surface area contributed by atoms with Crippen LogP contribution < -0.4 is 5.73 Å². The van der Waals surface area contributed by atoms with Crippen LogP contribution in [-0.2, 0) is 0 Å². The van der Waals surface area contributed by atoms with Gasteiger partial charge in [0.1, 0.15) is 0 Å². The fourth-order valence-corrected chi connectivity index (χ4v) is 2.49. The van der Waals surface area contributed by atoms with Gasteiger partial charge < -0.3 is 5.73 Å². The van der Waals surface area contributed by atoms with Crippen molar-refractivity contribution in [3.63, 3.8) is 0 Å². The van der Waals surface area contributed by atoms with Crippen molar-refractivity contribution in [3.05, 3.63) is 35.8 Å². The highest BCUT2D eigenvalue weighted by Gasteiger charge is 1.98. The Hall–Kier alpha value is -1.00. The van der Waals surface area contributed by atoms with E-state index >= 15 is 0 Å². The van der Waals surface area contributed by atoms with Crippen LogP contribution in [-0.4, -0.2) is 4.98 Å². The summed E-state index contributed by atoms with van der Waals surface area (Å²) < 4.78 is 1.06. The number of thiazole rings is 1. The fraction of sp³-hybridized carbons (Fsp3) is 0. The van der Waals surface area contributed by atoms with Crippen molar-refractivity contribution in [2.45, 2.75) is 9.24 Å². The monoisotopic (exact) mass is 208 g/mol. The number of hydrogen-bond donors (Lipinski definition) is 1. The zero-order valence-electron chi connectivity index (χ0n) is 6.81. The smallest absolute Gasteiger partial charge is 0.154 e. The van der Waals surface area contributed by atoms with Crippen LogP contribution in [0.2, 0.25) is 0 Å². The quantitative estimate of drug-likeness (QED) is 0.771. The molecule has 0 amide bonds. The molecular weight excluding hydrogens is 200 g/mol. The summed E-state index contributed by atoms with van der Waals surface area (Å²) in [5, 5.41) is 1.97. The fourth-order valence-electron chi connectivity index (χ4n) is 0.897. The number of rotatable bonds is 2. The number of aromatic nitrogens is 1. The predicted molar refractivity (Wildman–Crippen MR) is 57.1 cm³/mol. The Labute approximate surface area is 84.8 Å². The predicted octanol–water partition coefficient (Wildman–Crippen LogP) is 2.88. The molecule has 2 rings (SSSR count). The minimum absolute atomic E-state index is 0.795. The van der Waals surface area contributed by atoms with Crippen LogP contribution >= 0.6 is 23.1 Å². The number of anilines is 1. The lowest BCUT2D eigenvalue weighted by Gasteiger charge is -1.97. The van der Waals surface area contributed by atoms with E-state index in [1.807, 2.05) is 35.8 Å². The first-order valence-electron chi connectivity index (χ1n) is 3.77. The van der Waals surface area contributed by atoms with Crippen molar-refractivity contribution in [1.82, 2.24) is 4.98 Å². The third-order valence-corrected chi connectivity index (χ3v) is 3.39. The van der Waals surface area contributed by atoms with Crippen molar-refractivity contribution >= 4 is 28.8 Å². The first kappa shape index (κ1) is 8.59. The number of nitrogens with zero attached hydrogens (tertiary/aromatic N) is 1. The lowest BCUT2D eigenvalue weighted by molar-refractivity contribution is 1.25. The summed E-state index contributed by atoms with van der Waals surface area (Å²) in [4.78, 5) is 5.35. The molecule has 0 fully saturated rings. The molecule has 1 aromatic carbocycles. The first-order valence-corrected chi connectivity index (χ1v) is 5.47. The van der Waals surface area contributed by atoms with E-state index in [0.29, 0.717) is 0 Å². The second-order valence-electron chi connectivity index (χ2n) is 2.47. The summed E-state index contributed by atoms with van der Waals surface area (Å²) in [7, 11) is 0. The minimum atomic E-state index is 0.795. The van der Waals surface area contributed by atoms with Crippen molar-refractivity contribution in [1.29, 1.82) is 0 Å². The summed E-state index contributed by atoms with van der Waals surface area (Å²) in [5.41, 5.74) is 6.37. The number of hydrogen-bond acceptors (Lipinski definition) is 4. The standard InChI is InChI=1S/C9H8N2S2/c10-7-1-3-8(4-2-7)13-9-11-5-6-12-9/h1-6H,10H2. The van der Waals surface area contributed by atoms with Gasteiger partial charge in [0.05, 0.1) is 0 Å². The number of nitrogen functional groups attached to an aromatic ring is 1. The molecule has 0 saturated heterocycles. The molecule has 0 unspecified atom stereocenters. The average Bonchev–Trinajstić information content (AvgIpc) is 2.62. The van der Waals surface area contributed by atoms with Gasteiger partial charge in [-0.3, -0.25) is 0 Å². The second-order valence-corrected chi connectivity index (χ2v) is 4.68. The second kappa shape index (κ2) is 3.81. The van der Waals surface area contributed by atoms with E-state index in [1.54, 1.807) is 23.1 Å². The Balaban J connectivity index is 2.15. The van der Waals surface area contributed by atoms with E-state index in [9.17, 15) is 0 Å². The highest BCUT2D eigenvalue weighted by atomic mass is 32.2. The van der Waals surface area contributed by atoms with E-state index in [-0.39, 0.29) is 0 Å². The van der Waals surface area contributed by atoms with Crippen LogP contribution in [0.1, 0.15) is 0 Å². The highest BCUT2D eigenvalue weighted by molar-refractivity contribution is 8.01. The maximum Gasteiger partial charge on any atom is 0.154 e. The summed E-state index contributed by atoms with van der Waals surface area (Å²) in [5.74, 6) is 0. The van der Waals surface area contributed by atoms with Gasteiger partial charge in [0, 0.05) is 22.2 Å². The minimum Gasteiger partial charge on any atom is -0.399 e. The molecule has 1 heterocycles. The molecule has 0 spiro atoms. The van der Waals surface area contributed by atoms with Crippen molar-refractivity contribution in [2.24, 2.45) is 0 Å². The summed E-state index contributed by atoms with van der Waals surface area (Å²) in [6, 6.07) is 7.80. The largest absolute Gasteiger partial charge is 0.399 e. The normalized spacial score (nSPS) is 10.2. The van der Waals surface area contributed by atoms with Crippen LogP contribution in [0.25, 0.3) is 0 Å². The molecule has 0 radical (unpaired) electrons. The Kier molecular flexibility index (Phi) is 2.52. The van der Waals surface area contributed by atoms with Gasteiger partial charge in [-0.25, -0.2) is 4.98 Å². The SMILES string of the molecule is Nc1ccc(Sc2nccs2)cc1. The molecule has 0 aliphatic rings. The van der Waals surface area contributed by atoms with E-state index in [4.69, 9.17) is 5.73 Å². The van der Waals surface area contributed by atoms with Crippen LogP contribution in [0.3, 0.4) is 0 Å². The molecule has 2 N–H and O–H groups in total. The molecule has 2 aromatic rings. The third kappa shape index (κ3) is 2.23. The molecule has 1 aromatic heterocycles. The van der Waals surface area contributed by atoms with Gasteiger partial charge in [-0.2, -0.15) is 0 Å². The Morgan fingerprint density at radius 1 is 1.23 bits per heavy atom. The molecule has 0 atom stereocenters. The molecule has 0 saturated carbocycles. The summed E-state index contributed by atoms with van der Waals surface area (Å²) in [6.07, 6.45) is 1.81. The van der Waals surface area contributed by atoms with Gasteiger partial charge in [-0.15, -0.1) is 11.3 Å². The van der Waals surface area contributed by atoms with Gasteiger partial charge >= 0.3 is 0 Å². The maximum absolute atomic E-state index is 5.58. The van der Waals surface area contributed by atoms with Crippen molar-refractivity contribution in [2.75, 3.05) is 5.73 Å². The zero-order valence-corrected chi connectivity index (χ0v) is 8.44. The van der Waals surface area contributed by atoms with Gasteiger partial charge in [0.15, 0.2) is 4.34 Å². The van der Waals surface area contributed by atoms with Crippen molar-refractivity contribution < 1.29 is 0 Å². The molecule has 2 nitrogen and oxygen atoms in total. The van der Waals surface area contributed by atoms with Gasteiger partial charge in [0.2, 0.25) is 0 Å². The number of nitrogens with two attached hydrogens (primary N) is 1. The van der Waals surface area contributed by atoms with Crippen LogP contribution in [0.15, 0.2) is 45.1 Å². The zero-order chi connectivity index (χ0) is 9.10. The number of benzene rings is 1. The Bertz CT molecular complexity index is 367. The van der Waals surface area contributed by atoms with Crippen LogP contribution in [0.4, 0.5) is 5.69 Å². The van der Waals surface area contributed by atoms with E-state index < -0.39 is 0 Å². The Morgan fingerprint density at radius 3 is 2.62 bits per heavy atom. The summed E-state index contributed by atoms with van der Waals surface area (Å²) >= 11 is 3.30. The molecule has 0 aliphatic heterocycles. The molecule has 66 valence electrons. The topological polar surface area (TPSA) is 38.9 Å². The van der Waals surface area contributed by atoms with E-state index in [0.717, 1.165) is 10.0 Å². The molecule has 0 bridgehead atoms. The molecule has 0 aliphatic carbocycles. The Morgan fingerprint density at radius 2 is 2.00 bits per heavy atom. The maximum atomic E-state index is 5.58. The lowest BCUT2D eigenvalue weighted by Crippen LogP contribution is -1.82. The van der Waals surface area contributed by atoms with E-state index in [1.165, 1.54) is 4.90 Å². The molecular formula is C9H8N2S2. The molecule has 13 heavy (non-hydrogen) atoms. The molecule has 4 heteroatoms. The van der Waals surface area contributed by atoms with Gasteiger partial charge in [-0.05, 0) is 24.3 Å². The van der Waals surface area contributed by atoms with Crippen LogP contribution in [0.5, 0.6) is 0 Å². The lowest BCUT2D eigenvalue weighted by atomic mass is 10.3. The van der Waals surface area contributed by atoms with Crippen molar-refractivity contribution in [3.8, 4) is 0 Å². The van der Waals surface area contributed by atoms with Crippen LogP contribution in [0, 0.1) is 0 Å². The first-order chi connectivity index (χ1) is 6.34. The van der Waals surface area contributed by atoms with Gasteiger partial charge in [0.25, 0.3) is 0 Å². The average molecular weight is 208 g/mol.